The second-order valence-corrected chi connectivity index (χ2v) is 9.34. The van der Waals surface area contributed by atoms with Crippen LogP contribution in [0.3, 0.4) is 0 Å². The van der Waals surface area contributed by atoms with Gasteiger partial charge in [-0.05, 0) is 37.1 Å². The van der Waals surface area contributed by atoms with Crippen molar-refractivity contribution in [1.29, 1.82) is 0 Å². The van der Waals surface area contributed by atoms with Gasteiger partial charge in [-0.2, -0.15) is 4.31 Å². The minimum absolute atomic E-state index is 0.0624. The van der Waals surface area contributed by atoms with Crippen LogP contribution in [0.2, 0.25) is 0 Å². The zero-order chi connectivity index (χ0) is 18.8. The first-order chi connectivity index (χ1) is 11.6. The average molecular weight is 368 g/mol. The number of carbonyl (C=O) groups excluding carboxylic acids is 1. The Morgan fingerprint density at radius 3 is 2.36 bits per heavy atom. The monoisotopic (exact) mass is 368 g/mol. The maximum atomic E-state index is 13.0. The number of benzene rings is 1. The number of hydrogen-bond acceptors (Lipinski definition) is 4. The number of methoxy groups -OCH3 is 1. The molecule has 1 fully saturated rings. The Morgan fingerprint density at radius 1 is 1.12 bits per heavy atom. The van der Waals surface area contributed by atoms with Crippen LogP contribution >= 0.6 is 0 Å². The lowest BCUT2D eigenvalue weighted by atomic mass is 9.94. The number of rotatable bonds is 3. The summed E-state index contributed by atoms with van der Waals surface area (Å²) in [5.41, 5.74) is 0.201. The molecule has 1 aromatic rings. The summed E-state index contributed by atoms with van der Waals surface area (Å²) in [6.45, 7) is 9.16. The smallest absolute Gasteiger partial charge is 0.243 e. The predicted octanol–water partition coefficient (Wildman–Crippen LogP) is 2.27. The summed E-state index contributed by atoms with van der Waals surface area (Å²) < 4.78 is 32.7. The van der Waals surface area contributed by atoms with Crippen molar-refractivity contribution in [3.8, 4) is 5.75 Å². The van der Waals surface area contributed by atoms with Gasteiger partial charge in [-0.1, -0.05) is 20.8 Å². The molecule has 1 heterocycles. The Balaban J connectivity index is 2.20. The van der Waals surface area contributed by atoms with Crippen LogP contribution in [0.1, 0.15) is 32.8 Å². The van der Waals surface area contributed by atoms with Crippen molar-refractivity contribution in [3.63, 3.8) is 0 Å². The van der Waals surface area contributed by atoms with Crippen LogP contribution in [0.15, 0.2) is 23.1 Å². The van der Waals surface area contributed by atoms with E-state index in [1.54, 1.807) is 37.1 Å². The molecular formula is C18H28N2O4S. The van der Waals surface area contributed by atoms with Crippen LogP contribution < -0.4 is 4.74 Å². The number of carbonyl (C=O) groups is 1. The van der Waals surface area contributed by atoms with E-state index in [1.807, 2.05) is 20.8 Å². The largest absolute Gasteiger partial charge is 0.497 e. The average Bonchev–Trinajstić information content (AvgIpc) is 2.79. The normalized spacial score (nSPS) is 17.2. The molecule has 0 N–H and O–H groups in total. The third-order valence-electron chi connectivity index (χ3n) is 4.38. The Labute approximate surface area is 150 Å². The molecule has 1 aromatic carbocycles. The highest BCUT2D eigenvalue weighted by Gasteiger charge is 2.32. The zero-order valence-corrected chi connectivity index (χ0v) is 16.5. The molecule has 1 amide bonds. The summed E-state index contributed by atoms with van der Waals surface area (Å²) in [6, 6.07) is 4.97. The van der Waals surface area contributed by atoms with E-state index in [0.29, 0.717) is 48.8 Å². The zero-order valence-electron chi connectivity index (χ0n) is 15.7. The van der Waals surface area contributed by atoms with Gasteiger partial charge in [-0.15, -0.1) is 0 Å². The number of nitrogens with zero attached hydrogens (tertiary/aromatic N) is 2. The summed E-state index contributed by atoms with van der Waals surface area (Å²) in [7, 11) is -2.03. The van der Waals surface area contributed by atoms with E-state index in [9.17, 15) is 13.2 Å². The van der Waals surface area contributed by atoms with Crippen LogP contribution in [0.4, 0.5) is 0 Å². The molecule has 0 aromatic heterocycles. The minimum Gasteiger partial charge on any atom is -0.497 e. The van der Waals surface area contributed by atoms with Gasteiger partial charge >= 0.3 is 0 Å². The summed E-state index contributed by atoms with van der Waals surface area (Å²) in [6.07, 6.45) is 0.635. The first-order valence-electron chi connectivity index (χ1n) is 8.51. The maximum absolute atomic E-state index is 13.0. The van der Waals surface area contributed by atoms with E-state index < -0.39 is 15.4 Å². The van der Waals surface area contributed by atoms with Crippen molar-refractivity contribution < 1.29 is 17.9 Å². The molecule has 140 valence electrons. The van der Waals surface area contributed by atoms with Crippen LogP contribution in [-0.2, 0) is 14.8 Å². The van der Waals surface area contributed by atoms with Gasteiger partial charge in [0.1, 0.15) is 5.75 Å². The highest BCUT2D eigenvalue weighted by atomic mass is 32.2. The fraction of sp³-hybridized carbons (Fsp3) is 0.611. The first-order valence-corrected chi connectivity index (χ1v) is 9.95. The quantitative estimate of drug-likeness (QED) is 0.821. The molecule has 0 aliphatic carbocycles. The standard InChI is InChI=1S/C18H28N2O4S/c1-14-13-15(24-5)7-8-16(14)25(22,23)20-10-6-9-19(11-12-20)17(21)18(2,3)4/h7-8,13H,6,9-12H2,1-5H3. The van der Waals surface area contributed by atoms with Gasteiger partial charge in [0.15, 0.2) is 0 Å². The molecule has 1 aliphatic rings. The SMILES string of the molecule is COc1ccc(S(=O)(=O)N2CCCN(C(=O)C(C)(C)C)CC2)c(C)c1. The van der Waals surface area contributed by atoms with E-state index in [2.05, 4.69) is 0 Å². The fourth-order valence-electron chi connectivity index (χ4n) is 2.99. The number of sulfonamides is 1. The van der Waals surface area contributed by atoms with Crippen molar-refractivity contribution in [2.24, 2.45) is 5.41 Å². The first kappa shape index (κ1) is 19.7. The second kappa shape index (κ2) is 7.33. The van der Waals surface area contributed by atoms with Crippen molar-refractivity contribution in [2.45, 2.75) is 39.0 Å². The summed E-state index contributed by atoms with van der Waals surface area (Å²) in [4.78, 5) is 14.5. The fourth-order valence-corrected chi connectivity index (χ4v) is 4.66. The molecule has 0 unspecified atom stereocenters. The van der Waals surface area contributed by atoms with Crippen LogP contribution in [0, 0.1) is 12.3 Å². The van der Waals surface area contributed by atoms with Crippen LogP contribution in [0.5, 0.6) is 5.75 Å². The third kappa shape index (κ3) is 4.33. The topological polar surface area (TPSA) is 66.9 Å². The Hall–Kier alpha value is -1.60. The Bertz CT molecular complexity index is 738. The highest BCUT2D eigenvalue weighted by molar-refractivity contribution is 7.89. The Morgan fingerprint density at radius 2 is 1.80 bits per heavy atom. The van der Waals surface area contributed by atoms with Gasteiger partial charge in [-0.25, -0.2) is 8.42 Å². The van der Waals surface area contributed by atoms with Crippen LogP contribution in [0.25, 0.3) is 0 Å². The Kier molecular flexibility index (Phi) is 5.79. The lowest BCUT2D eigenvalue weighted by Gasteiger charge is -2.28. The molecule has 1 aliphatic heterocycles. The third-order valence-corrected chi connectivity index (χ3v) is 6.44. The molecule has 0 radical (unpaired) electrons. The van der Waals surface area contributed by atoms with Crippen molar-refractivity contribution in [3.05, 3.63) is 23.8 Å². The minimum atomic E-state index is -3.59. The van der Waals surface area contributed by atoms with E-state index in [-0.39, 0.29) is 5.91 Å². The number of ether oxygens (including phenoxy) is 1. The summed E-state index contributed by atoms with van der Waals surface area (Å²) >= 11 is 0. The predicted molar refractivity (Wildman–Crippen MR) is 97.1 cm³/mol. The van der Waals surface area contributed by atoms with E-state index >= 15 is 0 Å². The number of hydrogen-bond donors (Lipinski definition) is 0. The molecule has 7 heteroatoms. The van der Waals surface area contributed by atoms with Crippen LogP contribution in [-0.4, -0.2) is 56.8 Å². The van der Waals surface area contributed by atoms with Gasteiger partial charge < -0.3 is 9.64 Å². The highest BCUT2D eigenvalue weighted by Crippen LogP contribution is 2.25. The number of aryl methyl sites for hydroxylation is 1. The van der Waals surface area contributed by atoms with Gasteiger partial charge in [-0.3, -0.25) is 4.79 Å². The summed E-state index contributed by atoms with van der Waals surface area (Å²) in [5, 5.41) is 0. The lowest BCUT2D eigenvalue weighted by molar-refractivity contribution is -0.139. The molecular weight excluding hydrogens is 340 g/mol. The molecule has 2 rings (SSSR count). The second-order valence-electron chi connectivity index (χ2n) is 7.43. The maximum Gasteiger partial charge on any atom is 0.243 e. The number of amides is 1. The van der Waals surface area contributed by atoms with Crippen molar-refractivity contribution >= 4 is 15.9 Å². The van der Waals surface area contributed by atoms with Crippen molar-refractivity contribution in [2.75, 3.05) is 33.3 Å². The van der Waals surface area contributed by atoms with Gasteiger partial charge in [0, 0.05) is 31.6 Å². The van der Waals surface area contributed by atoms with Gasteiger partial charge in [0.05, 0.1) is 12.0 Å². The molecule has 1 saturated heterocycles. The molecule has 25 heavy (non-hydrogen) atoms. The van der Waals surface area contributed by atoms with E-state index in [1.165, 1.54) is 4.31 Å². The molecule has 0 bridgehead atoms. The van der Waals surface area contributed by atoms with Gasteiger partial charge in [0.2, 0.25) is 15.9 Å². The molecule has 0 spiro atoms. The van der Waals surface area contributed by atoms with E-state index in [4.69, 9.17) is 4.74 Å². The molecule has 0 atom stereocenters. The molecule has 6 nitrogen and oxygen atoms in total. The van der Waals surface area contributed by atoms with Crippen molar-refractivity contribution in [1.82, 2.24) is 9.21 Å². The molecule has 0 saturated carbocycles. The lowest BCUT2D eigenvalue weighted by Crippen LogP contribution is -2.42. The summed E-state index contributed by atoms with van der Waals surface area (Å²) in [5.74, 6) is 0.696. The van der Waals surface area contributed by atoms with Gasteiger partial charge in [0.25, 0.3) is 0 Å². The van der Waals surface area contributed by atoms with E-state index in [0.717, 1.165) is 0 Å².